The first-order chi connectivity index (χ1) is 13.3. The van der Waals surface area contributed by atoms with Gasteiger partial charge in [-0.05, 0) is 25.0 Å². The Balaban J connectivity index is 0.00000300. The van der Waals surface area contributed by atoms with Crippen LogP contribution >= 0.6 is 24.2 Å². The zero-order valence-corrected chi connectivity index (χ0v) is 17.6. The third-order valence-corrected chi connectivity index (χ3v) is 6.56. The van der Waals surface area contributed by atoms with Crippen LogP contribution < -0.4 is 15.8 Å². The summed E-state index contributed by atoms with van der Waals surface area (Å²) in [5.41, 5.74) is 4.59. The molecule has 0 bridgehead atoms. The second-order valence-corrected chi connectivity index (χ2v) is 8.57. The van der Waals surface area contributed by atoms with Crippen LogP contribution in [0, 0.1) is 0 Å². The molecule has 0 unspecified atom stereocenters. The summed E-state index contributed by atoms with van der Waals surface area (Å²) >= 11 is 5.31. The number of sulfonamides is 1. The fourth-order valence-electron chi connectivity index (χ4n) is 3.41. The summed E-state index contributed by atoms with van der Waals surface area (Å²) in [6.45, 7) is 0. The van der Waals surface area contributed by atoms with Crippen molar-refractivity contribution in [2.24, 2.45) is 10.2 Å². The van der Waals surface area contributed by atoms with Crippen LogP contribution in [0.5, 0.6) is 0 Å². The number of fused-ring (bicyclic) bond motifs is 1. The van der Waals surface area contributed by atoms with Gasteiger partial charge in [0.15, 0.2) is 0 Å². The predicted octanol–water partition coefficient (Wildman–Crippen LogP) is 2.60. The van der Waals surface area contributed by atoms with Gasteiger partial charge in [-0.3, -0.25) is 9.78 Å². The first-order valence-corrected chi connectivity index (χ1v) is 10.5. The zero-order valence-electron chi connectivity index (χ0n) is 15.3. The number of benzene rings is 1. The van der Waals surface area contributed by atoms with E-state index in [2.05, 4.69) is 19.5 Å². The summed E-state index contributed by atoms with van der Waals surface area (Å²) in [6.07, 6.45) is 5.75. The molecule has 3 rings (SSSR count). The van der Waals surface area contributed by atoms with E-state index in [0.717, 1.165) is 6.42 Å². The second-order valence-electron chi connectivity index (χ2n) is 6.72. The molecule has 5 N–H and O–H groups in total. The van der Waals surface area contributed by atoms with Crippen LogP contribution in [0.4, 0.5) is 5.69 Å². The Kier molecular flexibility index (Phi) is 7.28. The maximum absolute atomic E-state index is 12.9. The molecule has 0 atom stereocenters. The van der Waals surface area contributed by atoms with Gasteiger partial charge >= 0.3 is 5.97 Å². The van der Waals surface area contributed by atoms with E-state index in [1.807, 2.05) is 0 Å². The van der Waals surface area contributed by atoms with Gasteiger partial charge in [0.25, 0.3) is 0 Å². The average molecular weight is 462 g/mol. The van der Waals surface area contributed by atoms with Crippen molar-refractivity contribution in [2.45, 2.75) is 42.5 Å². The highest BCUT2D eigenvalue weighted by molar-refractivity contribution is 7.89. The first-order valence-electron chi connectivity index (χ1n) is 8.64. The molecular formula is C17H21Cl2N5O4S. The lowest BCUT2D eigenvalue weighted by atomic mass is 9.83. The molecule has 0 saturated heterocycles. The number of carbonyl (C=O) groups is 1. The molecule has 1 aliphatic carbocycles. The first kappa shape index (κ1) is 23.1. The van der Waals surface area contributed by atoms with E-state index in [4.69, 9.17) is 17.5 Å². The van der Waals surface area contributed by atoms with Crippen LogP contribution in [0.15, 0.2) is 40.0 Å². The monoisotopic (exact) mass is 461 g/mol. The molecule has 29 heavy (non-hydrogen) atoms. The van der Waals surface area contributed by atoms with Gasteiger partial charge < -0.3 is 16.2 Å². The summed E-state index contributed by atoms with van der Waals surface area (Å²) < 4.78 is 31.5. The number of aliphatic carboxylic acids is 1. The minimum absolute atomic E-state index is 0. The van der Waals surface area contributed by atoms with E-state index in [0.29, 0.717) is 29.3 Å². The van der Waals surface area contributed by atoms with E-state index in [-0.39, 0.29) is 36.1 Å². The van der Waals surface area contributed by atoms with Crippen molar-refractivity contribution in [2.75, 3.05) is 5.32 Å². The number of carboxylic acids is 1. The molecule has 1 heterocycles. The van der Waals surface area contributed by atoms with Crippen LogP contribution in [0.25, 0.3) is 10.8 Å². The van der Waals surface area contributed by atoms with Gasteiger partial charge in [0.05, 0.1) is 16.8 Å². The molecule has 1 fully saturated rings. The maximum Gasteiger partial charge on any atom is 0.324 e. The topological polar surface area (TPSA) is 147 Å². The number of nitrogens with zero attached hydrogens (tertiary/aromatic N) is 2. The number of nitrogens with two attached hydrogens (primary N) is 1. The van der Waals surface area contributed by atoms with Gasteiger partial charge in [0.2, 0.25) is 16.0 Å². The average Bonchev–Trinajstić information content (AvgIpc) is 2.68. The molecule has 1 saturated carbocycles. The van der Waals surface area contributed by atoms with Gasteiger partial charge in [-0.25, -0.2) is 8.42 Å². The van der Waals surface area contributed by atoms with E-state index in [1.165, 1.54) is 24.5 Å². The molecule has 12 heteroatoms. The van der Waals surface area contributed by atoms with Crippen molar-refractivity contribution in [1.29, 1.82) is 0 Å². The van der Waals surface area contributed by atoms with Crippen molar-refractivity contribution >= 4 is 62.6 Å². The minimum atomic E-state index is -4.04. The van der Waals surface area contributed by atoms with Crippen LogP contribution in [0.3, 0.4) is 0 Å². The molecule has 0 amide bonds. The normalized spacial score (nSPS) is 16.8. The lowest BCUT2D eigenvalue weighted by Crippen LogP contribution is -2.55. The van der Waals surface area contributed by atoms with Gasteiger partial charge in [-0.1, -0.05) is 25.3 Å². The van der Waals surface area contributed by atoms with Gasteiger partial charge in [-0.15, -0.1) is 16.9 Å². The standard InChI is InChI=1S/C17H20ClN5O4S.ClH/c18-22-16(19)21-14-10-20-9-11-8-12(4-5-13(11)14)28(26,27)23-17(15(24)25)6-2-1-3-7-17;/h4-5,8-10,23H,1-3,6-7H2,(H,24,25)(H3,19,21,22);1H. The van der Waals surface area contributed by atoms with Crippen LogP contribution in [0.2, 0.25) is 0 Å². The number of anilines is 1. The van der Waals surface area contributed by atoms with E-state index < -0.39 is 21.5 Å². The Morgan fingerprint density at radius 3 is 2.55 bits per heavy atom. The SMILES string of the molecule is Cl.NC(=NCl)Nc1cncc2cc(S(=O)(=O)NC3(C(=O)O)CCCCC3)ccc12. The van der Waals surface area contributed by atoms with Gasteiger partial charge in [0.1, 0.15) is 5.54 Å². The quantitative estimate of drug-likeness (QED) is 0.395. The van der Waals surface area contributed by atoms with Gasteiger partial charge in [0, 0.05) is 28.7 Å². The van der Waals surface area contributed by atoms with Crippen LogP contribution in [-0.4, -0.2) is 36.0 Å². The third-order valence-electron chi connectivity index (χ3n) is 4.84. The molecule has 9 nitrogen and oxygen atoms in total. The Morgan fingerprint density at radius 2 is 1.93 bits per heavy atom. The molecule has 0 aliphatic heterocycles. The smallest absolute Gasteiger partial charge is 0.324 e. The summed E-state index contributed by atoms with van der Waals surface area (Å²) in [4.78, 5) is 15.8. The van der Waals surface area contributed by atoms with Crippen LogP contribution in [-0.2, 0) is 14.8 Å². The maximum atomic E-state index is 12.9. The van der Waals surface area contributed by atoms with Crippen molar-refractivity contribution in [3.05, 3.63) is 30.6 Å². The van der Waals surface area contributed by atoms with Gasteiger partial charge in [-0.2, -0.15) is 4.72 Å². The number of rotatable bonds is 5. The van der Waals surface area contributed by atoms with Crippen molar-refractivity contribution in [3.63, 3.8) is 0 Å². The highest BCUT2D eigenvalue weighted by Crippen LogP contribution is 2.31. The number of carboxylic acid groups (broad SMARTS) is 1. The summed E-state index contributed by atoms with van der Waals surface area (Å²) in [6, 6.07) is 4.42. The van der Waals surface area contributed by atoms with E-state index in [9.17, 15) is 18.3 Å². The van der Waals surface area contributed by atoms with Crippen LogP contribution in [0.1, 0.15) is 32.1 Å². The summed E-state index contributed by atoms with van der Waals surface area (Å²) in [7, 11) is -4.04. The molecule has 1 aliphatic rings. The fraction of sp³-hybridized carbons (Fsp3) is 0.353. The van der Waals surface area contributed by atoms with E-state index >= 15 is 0 Å². The molecule has 1 aromatic carbocycles. The molecule has 158 valence electrons. The number of nitrogens with one attached hydrogen (secondary N) is 2. The highest BCUT2D eigenvalue weighted by Gasteiger charge is 2.43. The highest BCUT2D eigenvalue weighted by atomic mass is 35.5. The summed E-state index contributed by atoms with van der Waals surface area (Å²) in [5.74, 6) is -1.18. The second kappa shape index (κ2) is 9.12. The Morgan fingerprint density at radius 1 is 1.24 bits per heavy atom. The molecule has 0 radical (unpaired) electrons. The largest absolute Gasteiger partial charge is 0.480 e. The van der Waals surface area contributed by atoms with E-state index in [1.54, 1.807) is 6.07 Å². The fourth-order valence-corrected chi connectivity index (χ4v) is 4.91. The lowest BCUT2D eigenvalue weighted by molar-refractivity contribution is -0.145. The van der Waals surface area contributed by atoms with Crippen molar-refractivity contribution in [1.82, 2.24) is 9.71 Å². The Labute approximate surface area is 179 Å². The summed E-state index contributed by atoms with van der Waals surface area (Å²) in [5, 5.41) is 13.6. The van der Waals surface area contributed by atoms with Crippen molar-refractivity contribution in [3.8, 4) is 0 Å². The lowest BCUT2D eigenvalue weighted by Gasteiger charge is -2.33. The molecule has 2 aromatic rings. The Bertz CT molecular complexity index is 1040. The number of guanidine groups is 1. The molecule has 0 spiro atoms. The Hall–Kier alpha value is -2.14. The molecule has 1 aromatic heterocycles. The number of hydrogen-bond acceptors (Lipinski definition) is 5. The minimum Gasteiger partial charge on any atom is -0.480 e. The zero-order chi connectivity index (χ0) is 20.4. The predicted molar refractivity (Wildman–Crippen MR) is 114 cm³/mol. The number of aromatic nitrogens is 1. The number of halogens is 2. The van der Waals surface area contributed by atoms with Crippen molar-refractivity contribution < 1.29 is 18.3 Å². The number of pyridine rings is 1. The molecular weight excluding hydrogens is 441 g/mol. The third kappa shape index (κ3) is 4.89. The number of hydrogen-bond donors (Lipinski definition) is 4.